The summed E-state index contributed by atoms with van der Waals surface area (Å²) in [6.45, 7) is 4.25. The quantitative estimate of drug-likeness (QED) is 0.805. The first-order valence-corrected chi connectivity index (χ1v) is 7.30. The Balaban J connectivity index is 2.21. The Kier molecular flexibility index (Phi) is 4.54. The van der Waals surface area contributed by atoms with Crippen molar-refractivity contribution in [3.63, 3.8) is 0 Å². The normalized spacial score (nSPS) is 10.2. The molecule has 0 saturated carbocycles. The van der Waals surface area contributed by atoms with E-state index in [4.69, 9.17) is 5.73 Å². The maximum atomic E-state index is 12.1. The number of carbonyl (C=O) groups is 2. The van der Waals surface area contributed by atoms with Crippen molar-refractivity contribution >= 4 is 34.0 Å². The molecule has 0 bridgehead atoms. The zero-order valence-electron chi connectivity index (χ0n) is 11.8. The minimum absolute atomic E-state index is 0.175. The second-order valence-corrected chi connectivity index (χ2v) is 5.30. The molecule has 0 aliphatic rings. The Morgan fingerprint density at radius 2 is 2.10 bits per heavy atom. The van der Waals surface area contributed by atoms with Gasteiger partial charge in [-0.3, -0.25) is 9.59 Å². The van der Waals surface area contributed by atoms with Gasteiger partial charge in [0.1, 0.15) is 5.69 Å². The molecule has 1 aromatic heterocycles. The molecule has 1 heterocycles. The summed E-state index contributed by atoms with van der Waals surface area (Å²) in [5, 5.41) is 7.40. The number of hydrogen-bond donors (Lipinski definition) is 3. The van der Waals surface area contributed by atoms with Gasteiger partial charge in [0.25, 0.3) is 11.8 Å². The van der Waals surface area contributed by atoms with Crippen molar-refractivity contribution in [3.05, 3.63) is 40.4 Å². The number of carbonyl (C=O) groups excluding carboxylic acids is 2. The van der Waals surface area contributed by atoms with Gasteiger partial charge in [0.05, 0.1) is 0 Å². The highest BCUT2D eigenvalue weighted by atomic mass is 32.1. The van der Waals surface area contributed by atoms with Gasteiger partial charge < -0.3 is 16.4 Å². The van der Waals surface area contributed by atoms with Crippen LogP contribution in [0.4, 0.5) is 10.8 Å². The van der Waals surface area contributed by atoms with Crippen molar-refractivity contribution < 1.29 is 9.59 Å². The first-order valence-electron chi connectivity index (χ1n) is 6.42. The van der Waals surface area contributed by atoms with Gasteiger partial charge in [-0.25, -0.2) is 4.98 Å². The molecule has 0 unspecified atom stereocenters. The Morgan fingerprint density at radius 3 is 2.71 bits per heavy atom. The number of anilines is 2. The fourth-order valence-electron chi connectivity index (χ4n) is 1.74. The van der Waals surface area contributed by atoms with Crippen LogP contribution in [0.1, 0.15) is 33.3 Å². The number of aromatic nitrogens is 1. The third kappa shape index (κ3) is 3.57. The average Bonchev–Trinajstić information content (AvgIpc) is 2.88. The number of benzene rings is 1. The molecule has 1 aromatic carbocycles. The van der Waals surface area contributed by atoms with E-state index in [0.29, 0.717) is 22.9 Å². The van der Waals surface area contributed by atoms with Gasteiger partial charge >= 0.3 is 0 Å². The number of thiazole rings is 1. The Bertz CT molecular complexity index is 681. The summed E-state index contributed by atoms with van der Waals surface area (Å²) < 4.78 is 0. The molecule has 110 valence electrons. The summed E-state index contributed by atoms with van der Waals surface area (Å²) >= 11 is 1.20. The van der Waals surface area contributed by atoms with E-state index in [1.165, 1.54) is 11.3 Å². The standard InChI is InChI=1S/C14H16N4O2S/c1-3-16-12(19)9-5-4-8(2)10(6-9)17-13(20)11-7-21-14(15)18-11/h4-7H,3H2,1-2H3,(H2,15,18)(H,16,19)(H,17,20). The number of nitrogens with zero attached hydrogens (tertiary/aromatic N) is 1. The maximum absolute atomic E-state index is 12.1. The van der Waals surface area contributed by atoms with Crippen molar-refractivity contribution in [1.29, 1.82) is 0 Å². The van der Waals surface area contributed by atoms with Gasteiger partial charge in [0.2, 0.25) is 0 Å². The number of nitrogen functional groups attached to an aromatic ring is 1. The number of nitrogens with one attached hydrogen (secondary N) is 2. The van der Waals surface area contributed by atoms with Crippen LogP contribution in [0.15, 0.2) is 23.6 Å². The molecule has 0 aliphatic carbocycles. The lowest BCUT2D eigenvalue weighted by molar-refractivity contribution is 0.0954. The lowest BCUT2D eigenvalue weighted by Gasteiger charge is -2.09. The predicted molar refractivity (Wildman–Crippen MR) is 83.7 cm³/mol. The molecule has 0 atom stereocenters. The van der Waals surface area contributed by atoms with Crippen LogP contribution in [0.25, 0.3) is 0 Å². The molecule has 21 heavy (non-hydrogen) atoms. The van der Waals surface area contributed by atoms with Gasteiger partial charge in [0.15, 0.2) is 5.13 Å². The van der Waals surface area contributed by atoms with Crippen LogP contribution >= 0.6 is 11.3 Å². The van der Waals surface area contributed by atoms with Crippen LogP contribution in [0.3, 0.4) is 0 Å². The third-order valence-corrected chi connectivity index (χ3v) is 3.51. The first kappa shape index (κ1) is 15.0. The highest BCUT2D eigenvalue weighted by Crippen LogP contribution is 2.19. The molecule has 0 radical (unpaired) electrons. The van der Waals surface area contributed by atoms with E-state index in [0.717, 1.165) is 5.56 Å². The van der Waals surface area contributed by atoms with Crippen molar-refractivity contribution in [1.82, 2.24) is 10.3 Å². The Morgan fingerprint density at radius 1 is 1.33 bits per heavy atom. The number of amides is 2. The van der Waals surface area contributed by atoms with Crippen molar-refractivity contribution in [3.8, 4) is 0 Å². The van der Waals surface area contributed by atoms with Crippen LogP contribution < -0.4 is 16.4 Å². The lowest BCUT2D eigenvalue weighted by atomic mass is 10.1. The molecule has 0 aliphatic heterocycles. The largest absolute Gasteiger partial charge is 0.375 e. The summed E-state index contributed by atoms with van der Waals surface area (Å²) in [6, 6.07) is 5.15. The van der Waals surface area contributed by atoms with Crippen molar-refractivity contribution in [2.75, 3.05) is 17.6 Å². The summed E-state index contributed by atoms with van der Waals surface area (Å²) in [5.74, 6) is -0.523. The molecule has 2 aromatic rings. The molecule has 0 spiro atoms. The number of hydrogen-bond acceptors (Lipinski definition) is 5. The average molecular weight is 304 g/mol. The maximum Gasteiger partial charge on any atom is 0.275 e. The predicted octanol–water partition coefficient (Wildman–Crippen LogP) is 2.04. The summed E-state index contributed by atoms with van der Waals surface area (Å²) in [4.78, 5) is 27.8. The monoisotopic (exact) mass is 304 g/mol. The first-order chi connectivity index (χ1) is 10.0. The van der Waals surface area contributed by atoms with E-state index in [1.54, 1.807) is 23.6 Å². The second-order valence-electron chi connectivity index (χ2n) is 4.41. The highest BCUT2D eigenvalue weighted by Gasteiger charge is 2.13. The van der Waals surface area contributed by atoms with Crippen molar-refractivity contribution in [2.24, 2.45) is 0 Å². The molecule has 7 heteroatoms. The van der Waals surface area contributed by atoms with E-state index in [1.807, 2.05) is 13.8 Å². The minimum atomic E-state index is -0.348. The van der Waals surface area contributed by atoms with Gasteiger partial charge in [-0.05, 0) is 31.5 Å². The van der Waals surface area contributed by atoms with Gasteiger partial charge in [-0.1, -0.05) is 6.07 Å². The molecule has 2 amide bonds. The fourth-order valence-corrected chi connectivity index (χ4v) is 2.28. The second kappa shape index (κ2) is 6.36. The van der Waals surface area contributed by atoms with Gasteiger partial charge in [0, 0.05) is 23.2 Å². The Hall–Kier alpha value is -2.41. The minimum Gasteiger partial charge on any atom is -0.375 e. The van der Waals surface area contributed by atoms with Crippen LogP contribution in [-0.2, 0) is 0 Å². The highest BCUT2D eigenvalue weighted by molar-refractivity contribution is 7.13. The van der Waals surface area contributed by atoms with Crippen LogP contribution in [-0.4, -0.2) is 23.3 Å². The molecule has 4 N–H and O–H groups in total. The lowest BCUT2D eigenvalue weighted by Crippen LogP contribution is -2.23. The smallest absolute Gasteiger partial charge is 0.275 e. The van der Waals surface area contributed by atoms with E-state index >= 15 is 0 Å². The molecule has 6 nitrogen and oxygen atoms in total. The summed E-state index contributed by atoms with van der Waals surface area (Å²) in [5.41, 5.74) is 7.71. The van der Waals surface area contributed by atoms with Gasteiger partial charge in [-0.15, -0.1) is 11.3 Å². The molecular weight excluding hydrogens is 288 g/mol. The SMILES string of the molecule is CCNC(=O)c1ccc(C)c(NC(=O)c2csc(N)n2)c1. The molecule has 0 fully saturated rings. The van der Waals surface area contributed by atoms with Crippen molar-refractivity contribution in [2.45, 2.75) is 13.8 Å². The summed E-state index contributed by atoms with van der Waals surface area (Å²) in [7, 11) is 0. The van der Waals surface area contributed by atoms with E-state index in [2.05, 4.69) is 15.6 Å². The number of aryl methyl sites for hydroxylation is 1. The van der Waals surface area contributed by atoms with Gasteiger partial charge in [-0.2, -0.15) is 0 Å². The van der Waals surface area contributed by atoms with E-state index < -0.39 is 0 Å². The van der Waals surface area contributed by atoms with Crippen LogP contribution in [0, 0.1) is 6.92 Å². The molecule has 2 rings (SSSR count). The van der Waals surface area contributed by atoms with E-state index in [9.17, 15) is 9.59 Å². The zero-order valence-corrected chi connectivity index (χ0v) is 12.6. The Labute approximate surface area is 126 Å². The third-order valence-electron chi connectivity index (χ3n) is 2.84. The summed E-state index contributed by atoms with van der Waals surface area (Å²) in [6.07, 6.45) is 0. The fraction of sp³-hybridized carbons (Fsp3) is 0.214. The number of rotatable bonds is 4. The van der Waals surface area contributed by atoms with Crippen LogP contribution in [0.5, 0.6) is 0 Å². The zero-order chi connectivity index (χ0) is 15.4. The number of nitrogens with two attached hydrogens (primary N) is 1. The topological polar surface area (TPSA) is 97.1 Å². The van der Waals surface area contributed by atoms with Crippen LogP contribution in [0.2, 0.25) is 0 Å². The molecular formula is C14H16N4O2S. The molecule has 0 saturated heterocycles. The van der Waals surface area contributed by atoms with E-state index in [-0.39, 0.29) is 17.5 Å².